The van der Waals surface area contributed by atoms with Gasteiger partial charge >= 0.3 is 12.1 Å². The monoisotopic (exact) mass is 441 g/mol. The van der Waals surface area contributed by atoms with E-state index in [0.717, 1.165) is 45.3 Å². The summed E-state index contributed by atoms with van der Waals surface area (Å²) in [6.45, 7) is 3.29. The largest absolute Gasteiger partial charge is 0.461 e. The lowest BCUT2D eigenvalue weighted by molar-refractivity contribution is 0.104. The van der Waals surface area contributed by atoms with Gasteiger partial charge in [-0.2, -0.15) is 9.97 Å². The summed E-state index contributed by atoms with van der Waals surface area (Å²) in [6.07, 6.45) is 3.22. The predicted molar refractivity (Wildman–Crippen MR) is 116 cm³/mol. The van der Waals surface area contributed by atoms with Crippen molar-refractivity contribution in [3.63, 3.8) is 0 Å². The van der Waals surface area contributed by atoms with Gasteiger partial charge in [0.25, 0.3) is 0 Å². The van der Waals surface area contributed by atoms with Crippen molar-refractivity contribution in [1.82, 2.24) is 25.1 Å². The molecule has 0 saturated carbocycles. The minimum absolute atomic E-state index is 0.161. The Bertz CT molecular complexity index is 1020. The third-order valence-corrected chi connectivity index (χ3v) is 7.55. The number of hydrogen-bond donors (Lipinski definition) is 1. The van der Waals surface area contributed by atoms with Gasteiger partial charge in [0.15, 0.2) is 0 Å². The number of rotatable bonds is 4. The second-order valence-electron chi connectivity index (χ2n) is 9.51. The number of alkyl halides is 1. The Labute approximate surface area is 186 Å². The third kappa shape index (κ3) is 3.38. The molecule has 8 nitrogen and oxygen atoms in total. The van der Waals surface area contributed by atoms with Crippen molar-refractivity contribution in [2.24, 2.45) is 0 Å². The first-order valence-corrected chi connectivity index (χ1v) is 11.6. The van der Waals surface area contributed by atoms with Gasteiger partial charge in [-0.1, -0.05) is 12.1 Å². The van der Waals surface area contributed by atoms with Gasteiger partial charge in [0.2, 0.25) is 5.88 Å². The molecule has 1 amide bonds. The fourth-order valence-electron chi connectivity index (χ4n) is 6.03. The van der Waals surface area contributed by atoms with Gasteiger partial charge in [0.05, 0.1) is 16.4 Å². The number of hydrogen-bond acceptors (Lipinski definition) is 7. The average molecular weight is 442 g/mol. The second-order valence-corrected chi connectivity index (χ2v) is 9.51. The quantitative estimate of drug-likeness (QED) is 0.781. The minimum atomic E-state index is -0.817. The Hall–Kier alpha value is -2.52. The van der Waals surface area contributed by atoms with Gasteiger partial charge in [0, 0.05) is 38.1 Å². The molecule has 2 aromatic rings. The Balaban J connectivity index is 1.25. The van der Waals surface area contributed by atoms with Crippen LogP contribution in [0.5, 0.6) is 11.9 Å². The molecular weight excluding hydrogens is 413 g/mol. The number of para-hydroxylation sites is 1. The number of piperazine rings is 1. The van der Waals surface area contributed by atoms with Crippen LogP contribution in [-0.4, -0.2) is 82.4 Å². The van der Waals surface area contributed by atoms with Crippen molar-refractivity contribution in [2.75, 3.05) is 32.8 Å². The average Bonchev–Trinajstić information content (AvgIpc) is 3.39. The molecule has 6 rings (SSSR count). The van der Waals surface area contributed by atoms with Crippen LogP contribution >= 0.6 is 0 Å². The van der Waals surface area contributed by atoms with Crippen molar-refractivity contribution >= 4 is 17.0 Å². The lowest BCUT2D eigenvalue weighted by Crippen LogP contribution is -2.55. The Morgan fingerprint density at radius 1 is 1.22 bits per heavy atom. The second kappa shape index (κ2) is 7.81. The number of carbonyl (C=O) groups excluding carboxylic acids is 1. The van der Waals surface area contributed by atoms with E-state index in [1.807, 2.05) is 29.2 Å². The van der Waals surface area contributed by atoms with Crippen LogP contribution in [0.2, 0.25) is 0 Å². The molecule has 1 aromatic carbocycles. The van der Waals surface area contributed by atoms with E-state index in [9.17, 15) is 9.18 Å². The van der Waals surface area contributed by atoms with E-state index in [-0.39, 0.29) is 35.6 Å². The smallest absolute Gasteiger partial charge is 0.417 e. The van der Waals surface area contributed by atoms with Crippen LogP contribution in [-0.2, 0) is 0 Å². The number of ether oxygens (including phenoxy) is 2. The molecule has 170 valence electrons. The Morgan fingerprint density at radius 2 is 2.03 bits per heavy atom. The Kier molecular flexibility index (Phi) is 4.91. The summed E-state index contributed by atoms with van der Waals surface area (Å²) < 4.78 is 25.9. The fourth-order valence-corrected chi connectivity index (χ4v) is 6.03. The third-order valence-electron chi connectivity index (χ3n) is 7.55. The van der Waals surface area contributed by atoms with Gasteiger partial charge in [0.1, 0.15) is 12.8 Å². The number of aromatic nitrogens is 2. The van der Waals surface area contributed by atoms with Crippen molar-refractivity contribution in [2.45, 2.75) is 55.9 Å². The van der Waals surface area contributed by atoms with Crippen LogP contribution in [0.3, 0.4) is 0 Å². The maximum absolute atomic E-state index is 14.1. The molecule has 1 N–H and O–H groups in total. The fraction of sp³-hybridized carbons (Fsp3) is 0.609. The molecule has 4 atom stereocenters. The first kappa shape index (κ1) is 20.1. The molecule has 4 saturated heterocycles. The van der Waals surface area contributed by atoms with Gasteiger partial charge in [-0.15, -0.1) is 0 Å². The first-order chi connectivity index (χ1) is 15.6. The highest BCUT2D eigenvalue weighted by Crippen LogP contribution is 2.40. The van der Waals surface area contributed by atoms with E-state index in [0.29, 0.717) is 30.5 Å². The van der Waals surface area contributed by atoms with Crippen LogP contribution < -0.4 is 14.8 Å². The number of carbonyl (C=O) groups is 1. The van der Waals surface area contributed by atoms with E-state index >= 15 is 0 Å². The topological polar surface area (TPSA) is 79.8 Å². The number of nitrogens with one attached hydrogen (secondary N) is 1. The zero-order chi connectivity index (χ0) is 21.7. The highest BCUT2D eigenvalue weighted by atomic mass is 19.1. The number of fused-ring (bicyclic) bond motifs is 4. The molecule has 2 bridgehead atoms. The molecule has 4 fully saturated rings. The highest BCUT2D eigenvalue weighted by molar-refractivity contribution is 5.86. The summed E-state index contributed by atoms with van der Waals surface area (Å²) in [5.74, 6) is 0.212. The molecule has 0 spiro atoms. The molecule has 0 radical (unpaired) electrons. The lowest BCUT2D eigenvalue weighted by atomic mass is 9.95. The van der Waals surface area contributed by atoms with Crippen LogP contribution in [0.25, 0.3) is 10.9 Å². The maximum Gasteiger partial charge on any atom is 0.417 e. The van der Waals surface area contributed by atoms with Crippen molar-refractivity contribution in [1.29, 1.82) is 0 Å². The van der Waals surface area contributed by atoms with Gasteiger partial charge in [-0.25, -0.2) is 9.18 Å². The van der Waals surface area contributed by atoms with Gasteiger partial charge in [-0.3, -0.25) is 9.80 Å². The van der Waals surface area contributed by atoms with Gasteiger partial charge in [-0.05, 0) is 44.4 Å². The number of nitrogens with zero attached hydrogens (tertiary/aromatic N) is 4. The highest BCUT2D eigenvalue weighted by Gasteiger charge is 2.49. The van der Waals surface area contributed by atoms with E-state index in [4.69, 9.17) is 9.47 Å². The van der Waals surface area contributed by atoms with Crippen molar-refractivity contribution in [3.8, 4) is 11.9 Å². The molecule has 1 aromatic heterocycles. The summed E-state index contributed by atoms with van der Waals surface area (Å²) in [5.41, 5.74) is 0.366. The zero-order valence-corrected chi connectivity index (χ0v) is 18.0. The standard InChI is InChI=1S/C23H28FN5O3/c24-15-10-23(8-3-9-28(23)13-15)14-31-21-26-19-5-2-1-4-18(19)20(27-21)32-22(30)29-16-6-7-17(29)12-25-11-16/h1-2,4-5,15-17,25H,3,6-14H2/t15-,16?,17?,23+/m1/s1. The molecule has 0 aliphatic carbocycles. The van der Waals surface area contributed by atoms with E-state index in [1.165, 1.54) is 0 Å². The summed E-state index contributed by atoms with van der Waals surface area (Å²) >= 11 is 0. The molecule has 9 heteroatoms. The SMILES string of the molecule is O=C(Oc1nc(OC[C@@]23CCCN2C[C@H](F)C3)nc2ccccc12)N1C2CCC1CNC2. The van der Waals surface area contributed by atoms with E-state index in [2.05, 4.69) is 20.2 Å². The molecule has 2 unspecified atom stereocenters. The van der Waals surface area contributed by atoms with Crippen molar-refractivity contribution in [3.05, 3.63) is 24.3 Å². The molecule has 5 heterocycles. The molecular formula is C23H28FN5O3. The number of halogens is 1. The summed E-state index contributed by atoms with van der Waals surface area (Å²) in [6, 6.07) is 7.93. The first-order valence-electron chi connectivity index (χ1n) is 11.6. The zero-order valence-electron chi connectivity index (χ0n) is 18.0. The van der Waals surface area contributed by atoms with Crippen LogP contribution in [0.1, 0.15) is 32.1 Å². The van der Waals surface area contributed by atoms with E-state index in [1.54, 1.807) is 0 Å². The van der Waals surface area contributed by atoms with E-state index < -0.39 is 6.17 Å². The van der Waals surface area contributed by atoms with Crippen LogP contribution in [0.4, 0.5) is 9.18 Å². The Morgan fingerprint density at radius 3 is 2.88 bits per heavy atom. The normalized spacial score (nSPS) is 31.8. The predicted octanol–water partition coefficient (Wildman–Crippen LogP) is 2.52. The summed E-state index contributed by atoms with van der Waals surface area (Å²) in [7, 11) is 0. The number of amides is 1. The lowest BCUT2D eigenvalue weighted by Gasteiger charge is -2.34. The molecule has 4 aliphatic rings. The molecule has 32 heavy (non-hydrogen) atoms. The summed E-state index contributed by atoms with van der Waals surface area (Å²) in [4.78, 5) is 26.1. The van der Waals surface area contributed by atoms with Crippen LogP contribution in [0.15, 0.2) is 24.3 Å². The van der Waals surface area contributed by atoms with Gasteiger partial charge < -0.3 is 14.8 Å². The maximum atomic E-state index is 14.1. The minimum Gasteiger partial charge on any atom is -0.461 e. The molecule has 4 aliphatic heterocycles. The van der Waals surface area contributed by atoms with Crippen LogP contribution in [0, 0.1) is 0 Å². The number of benzene rings is 1. The van der Waals surface area contributed by atoms with Crippen molar-refractivity contribution < 1.29 is 18.7 Å². The summed E-state index contributed by atoms with van der Waals surface area (Å²) in [5, 5.41) is 4.04.